The fourth-order valence-corrected chi connectivity index (χ4v) is 2.40. The Morgan fingerprint density at radius 2 is 1.25 bits per heavy atom. The first kappa shape index (κ1) is 22.8. The summed E-state index contributed by atoms with van der Waals surface area (Å²) in [4.78, 5) is 34.7. The van der Waals surface area contributed by atoms with Crippen molar-refractivity contribution in [1.29, 1.82) is 0 Å². The molecule has 0 unspecified atom stereocenters. The highest BCUT2D eigenvalue weighted by Gasteiger charge is 2.10. The van der Waals surface area contributed by atoms with Gasteiger partial charge in [0.1, 0.15) is 11.6 Å². The van der Waals surface area contributed by atoms with Gasteiger partial charge in [0.25, 0.3) is 0 Å². The van der Waals surface area contributed by atoms with Crippen LogP contribution in [0.1, 0.15) is 91.9 Å². The lowest BCUT2D eigenvalue weighted by Gasteiger charge is -2.07. The van der Waals surface area contributed by atoms with E-state index in [-0.39, 0.29) is 23.4 Å². The maximum Gasteiger partial charge on any atom is 0.220 e. The summed E-state index contributed by atoms with van der Waals surface area (Å²) in [6, 6.07) is 0. The van der Waals surface area contributed by atoms with Gasteiger partial charge in [0.15, 0.2) is 0 Å². The van der Waals surface area contributed by atoms with Crippen LogP contribution in [0.4, 0.5) is 0 Å². The predicted molar refractivity (Wildman–Crippen MR) is 98.9 cm³/mol. The van der Waals surface area contributed by atoms with Crippen molar-refractivity contribution in [2.24, 2.45) is 11.8 Å². The number of Topliss-reactive ketones (excluding diaryl/α,β-unsaturated/α-hetero) is 2. The Bertz CT molecular complexity index is 375. The number of carbonyl (C=O) groups is 3. The van der Waals surface area contributed by atoms with Crippen LogP contribution in [0, 0.1) is 11.8 Å². The summed E-state index contributed by atoms with van der Waals surface area (Å²) >= 11 is 0. The second-order valence-corrected chi connectivity index (χ2v) is 7.48. The first-order valence-electron chi connectivity index (χ1n) is 9.64. The van der Waals surface area contributed by atoms with Gasteiger partial charge in [-0.25, -0.2) is 0 Å². The van der Waals surface area contributed by atoms with E-state index in [1.54, 1.807) is 0 Å². The Kier molecular flexibility index (Phi) is 13.5. The molecule has 1 N–H and O–H groups in total. The number of nitrogens with one attached hydrogen (secondary N) is 1. The molecule has 0 aromatic rings. The third-order valence-electron chi connectivity index (χ3n) is 4.11. The normalized spacial score (nSPS) is 11.1. The largest absolute Gasteiger partial charge is 0.356 e. The van der Waals surface area contributed by atoms with Crippen molar-refractivity contribution >= 4 is 17.5 Å². The van der Waals surface area contributed by atoms with Crippen molar-refractivity contribution < 1.29 is 14.4 Å². The maximum atomic E-state index is 11.7. The van der Waals surface area contributed by atoms with Gasteiger partial charge in [-0.15, -0.1) is 0 Å². The van der Waals surface area contributed by atoms with E-state index in [1.165, 1.54) is 0 Å². The van der Waals surface area contributed by atoms with Crippen LogP contribution in [-0.4, -0.2) is 24.0 Å². The van der Waals surface area contributed by atoms with Crippen LogP contribution in [0.5, 0.6) is 0 Å². The Labute approximate surface area is 148 Å². The molecule has 0 aromatic carbocycles. The number of amides is 1. The second-order valence-electron chi connectivity index (χ2n) is 7.48. The Balaban J connectivity index is 3.40. The quantitative estimate of drug-likeness (QED) is 0.448. The monoisotopic (exact) mass is 339 g/mol. The third-order valence-corrected chi connectivity index (χ3v) is 4.11. The van der Waals surface area contributed by atoms with E-state index in [0.29, 0.717) is 31.6 Å². The maximum absolute atomic E-state index is 11.7. The van der Waals surface area contributed by atoms with E-state index < -0.39 is 0 Å². The van der Waals surface area contributed by atoms with Gasteiger partial charge in [-0.05, 0) is 18.8 Å². The summed E-state index contributed by atoms with van der Waals surface area (Å²) in [5, 5.41) is 2.93. The highest BCUT2D eigenvalue weighted by molar-refractivity contribution is 5.86. The number of hydrogen-bond donors (Lipinski definition) is 1. The van der Waals surface area contributed by atoms with Crippen LogP contribution in [0.15, 0.2) is 0 Å². The van der Waals surface area contributed by atoms with Crippen molar-refractivity contribution in [2.75, 3.05) is 6.54 Å². The molecule has 0 bridgehead atoms. The highest BCUT2D eigenvalue weighted by atomic mass is 16.1. The number of hydrogen-bond acceptors (Lipinski definition) is 3. The molecule has 4 nitrogen and oxygen atoms in total. The average Bonchev–Trinajstić information content (AvgIpc) is 2.52. The molecule has 0 fully saturated rings. The van der Waals surface area contributed by atoms with E-state index in [0.717, 1.165) is 45.1 Å². The van der Waals surface area contributed by atoms with E-state index in [9.17, 15) is 14.4 Å². The zero-order valence-electron chi connectivity index (χ0n) is 16.2. The van der Waals surface area contributed by atoms with Crippen molar-refractivity contribution in [2.45, 2.75) is 91.9 Å². The van der Waals surface area contributed by atoms with Crippen LogP contribution in [-0.2, 0) is 14.4 Å². The molecule has 4 heteroatoms. The van der Waals surface area contributed by atoms with Gasteiger partial charge in [0.2, 0.25) is 5.91 Å². The lowest BCUT2D eigenvalue weighted by atomic mass is 10.0. The van der Waals surface area contributed by atoms with E-state index in [2.05, 4.69) is 19.2 Å². The molecule has 0 aliphatic heterocycles. The average molecular weight is 340 g/mol. The first-order valence-corrected chi connectivity index (χ1v) is 9.64. The summed E-state index contributed by atoms with van der Waals surface area (Å²) in [6.45, 7) is 8.69. The smallest absolute Gasteiger partial charge is 0.220 e. The minimum atomic E-state index is 0.0326. The molecule has 0 saturated heterocycles. The Morgan fingerprint density at radius 3 is 1.79 bits per heavy atom. The number of unbranched alkanes of at least 4 members (excludes halogenated alkanes) is 5. The molecule has 0 rings (SSSR count). The van der Waals surface area contributed by atoms with Crippen LogP contribution in [0.2, 0.25) is 0 Å². The molecular formula is C20H37NO3. The molecule has 24 heavy (non-hydrogen) atoms. The Hall–Kier alpha value is -1.19. The molecule has 1 amide bonds. The fraction of sp³-hybridized carbons (Fsp3) is 0.850. The standard InChI is InChI=1S/C20H37NO3/c1-16(2)15-21-20(24)12-10-8-6-5-7-9-11-18(22)13-14-19(23)17(3)4/h16-17H,5-15H2,1-4H3,(H,21,24). The van der Waals surface area contributed by atoms with Crippen LogP contribution < -0.4 is 5.32 Å². The van der Waals surface area contributed by atoms with Crippen LogP contribution >= 0.6 is 0 Å². The molecule has 0 saturated carbocycles. The lowest BCUT2D eigenvalue weighted by molar-refractivity contribution is -0.125. The molecule has 0 aliphatic carbocycles. The van der Waals surface area contributed by atoms with Gasteiger partial charge >= 0.3 is 0 Å². The number of rotatable bonds is 15. The third kappa shape index (κ3) is 14.4. The van der Waals surface area contributed by atoms with E-state index in [4.69, 9.17) is 0 Å². The second kappa shape index (κ2) is 14.2. The topological polar surface area (TPSA) is 63.2 Å². The zero-order valence-corrected chi connectivity index (χ0v) is 16.2. The van der Waals surface area contributed by atoms with Gasteiger partial charge in [0.05, 0.1) is 0 Å². The fourth-order valence-electron chi connectivity index (χ4n) is 2.40. The van der Waals surface area contributed by atoms with Crippen molar-refractivity contribution in [3.05, 3.63) is 0 Å². The predicted octanol–water partition coefficient (Wildman–Crippen LogP) is 4.45. The van der Waals surface area contributed by atoms with Gasteiger partial charge in [-0.1, -0.05) is 53.4 Å². The lowest BCUT2D eigenvalue weighted by Crippen LogP contribution is -2.26. The minimum absolute atomic E-state index is 0.0326. The van der Waals surface area contributed by atoms with Crippen LogP contribution in [0.3, 0.4) is 0 Å². The Morgan fingerprint density at radius 1 is 0.708 bits per heavy atom. The minimum Gasteiger partial charge on any atom is -0.356 e. The molecule has 0 radical (unpaired) electrons. The number of ketones is 2. The molecule has 0 aromatic heterocycles. The summed E-state index contributed by atoms with van der Waals surface area (Å²) in [7, 11) is 0. The van der Waals surface area contributed by atoms with Crippen LogP contribution in [0.25, 0.3) is 0 Å². The van der Waals surface area contributed by atoms with Gasteiger partial charge in [0, 0.05) is 38.1 Å². The summed E-state index contributed by atoms with van der Waals surface area (Å²) in [5.41, 5.74) is 0. The SMILES string of the molecule is CC(C)CNC(=O)CCCCCCCCC(=O)CCC(=O)C(C)C. The summed E-state index contributed by atoms with van der Waals surface area (Å²) in [5.74, 6) is 1.09. The molecule has 0 aliphatic rings. The van der Waals surface area contributed by atoms with Crippen molar-refractivity contribution in [3.8, 4) is 0 Å². The summed E-state index contributed by atoms with van der Waals surface area (Å²) in [6.07, 6.45) is 8.26. The van der Waals surface area contributed by atoms with Gasteiger partial charge in [-0.2, -0.15) is 0 Å². The molecule has 140 valence electrons. The van der Waals surface area contributed by atoms with Gasteiger partial charge < -0.3 is 5.32 Å². The molecule has 0 spiro atoms. The number of carbonyl (C=O) groups excluding carboxylic acids is 3. The molecule has 0 heterocycles. The first-order chi connectivity index (χ1) is 11.3. The van der Waals surface area contributed by atoms with Gasteiger partial charge in [-0.3, -0.25) is 14.4 Å². The van der Waals surface area contributed by atoms with E-state index >= 15 is 0 Å². The molecule has 0 atom stereocenters. The van der Waals surface area contributed by atoms with Crippen molar-refractivity contribution in [1.82, 2.24) is 5.32 Å². The summed E-state index contributed by atoms with van der Waals surface area (Å²) < 4.78 is 0. The van der Waals surface area contributed by atoms with Crippen molar-refractivity contribution in [3.63, 3.8) is 0 Å². The molecular weight excluding hydrogens is 302 g/mol. The van der Waals surface area contributed by atoms with E-state index in [1.807, 2.05) is 13.8 Å². The highest BCUT2D eigenvalue weighted by Crippen LogP contribution is 2.11. The zero-order chi connectivity index (χ0) is 18.4.